The van der Waals surface area contributed by atoms with Gasteiger partial charge in [0, 0.05) is 38.8 Å². The van der Waals surface area contributed by atoms with E-state index >= 15 is 0 Å². The second kappa shape index (κ2) is 39.0. The molecule has 0 rings (SSSR count). The molecule has 0 aromatic rings. The molecule has 0 aromatic carbocycles. The number of hydrogen-bond donors (Lipinski definition) is 7. The minimum Gasteiger partial charge on any atom is -0.481 e. The number of hydrogen-bond acceptors (Lipinski definition) is 12. The summed E-state index contributed by atoms with van der Waals surface area (Å²) in [5.41, 5.74) is 0. The van der Waals surface area contributed by atoms with Gasteiger partial charge in [-0.15, -0.1) is 0 Å². The Kier molecular flexibility index (Phi) is 36.2. The van der Waals surface area contributed by atoms with Crippen molar-refractivity contribution < 1.29 is 72.6 Å². The molecular formula is C41H72N4O15. The molecule has 0 radical (unpaired) electrons. The van der Waals surface area contributed by atoms with Crippen molar-refractivity contribution in [1.82, 2.24) is 21.3 Å². The summed E-state index contributed by atoms with van der Waals surface area (Å²) in [5.74, 6) is -5.04. The largest absolute Gasteiger partial charge is 0.481 e. The number of ketones is 1. The van der Waals surface area contributed by atoms with Gasteiger partial charge in [0.05, 0.1) is 39.6 Å². The molecule has 0 heterocycles. The first-order valence-corrected chi connectivity index (χ1v) is 21.4. The predicted octanol–water partition coefficient (Wildman–Crippen LogP) is 2.90. The highest BCUT2D eigenvalue weighted by Gasteiger charge is 2.21. The number of ether oxygens (including phenoxy) is 4. The monoisotopic (exact) mass is 860 g/mol. The van der Waals surface area contributed by atoms with Gasteiger partial charge in [-0.05, 0) is 32.6 Å². The van der Waals surface area contributed by atoms with Crippen LogP contribution in [0.1, 0.15) is 135 Å². The lowest BCUT2D eigenvalue weighted by Gasteiger charge is -2.14. The Hall–Kier alpha value is -4.20. The number of carboxylic acids is 3. The smallest absolute Gasteiger partial charge is 0.326 e. The van der Waals surface area contributed by atoms with Crippen LogP contribution in [0.15, 0.2) is 0 Å². The van der Waals surface area contributed by atoms with Crippen LogP contribution in [0.5, 0.6) is 0 Å². The number of aliphatic carboxylic acids is 3. The van der Waals surface area contributed by atoms with Gasteiger partial charge in [0.25, 0.3) is 0 Å². The molecular weight excluding hydrogens is 788 g/mol. The maximum absolute atomic E-state index is 12.3. The summed E-state index contributed by atoms with van der Waals surface area (Å²) in [4.78, 5) is 92.6. The Balaban J connectivity index is 3.72. The van der Waals surface area contributed by atoms with Crippen molar-refractivity contribution in [2.45, 2.75) is 147 Å². The third-order valence-corrected chi connectivity index (χ3v) is 9.10. The fraction of sp³-hybridized carbons (Fsp3) is 0.805. The Morgan fingerprint density at radius 1 is 0.417 bits per heavy atom. The Morgan fingerprint density at radius 3 is 1.25 bits per heavy atom. The molecule has 0 aliphatic carbocycles. The lowest BCUT2D eigenvalue weighted by molar-refractivity contribution is -0.143. The minimum absolute atomic E-state index is 0.00865. The summed E-state index contributed by atoms with van der Waals surface area (Å²) >= 11 is 0. The average Bonchev–Trinajstić information content (AvgIpc) is 3.19. The number of unbranched alkanes of at least 4 members (excludes halogenated alkanes) is 13. The van der Waals surface area contributed by atoms with Gasteiger partial charge >= 0.3 is 17.9 Å². The molecule has 0 saturated carbocycles. The first-order valence-electron chi connectivity index (χ1n) is 21.4. The van der Waals surface area contributed by atoms with Crippen molar-refractivity contribution in [2.75, 3.05) is 65.9 Å². The van der Waals surface area contributed by atoms with Gasteiger partial charge in [-0.1, -0.05) is 77.0 Å². The Morgan fingerprint density at radius 2 is 0.800 bits per heavy atom. The van der Waals surface area contributed by atoms with Crippen LogP contribution < -0.4 is 21.3 Å². The molecule has 60 heavy (non-hydrogen) atoms. The molecule has 0 aliphatic heterocycles. The highest BCUT2D eigenvalue weighted by molar-refractivity contribution is 5.85. The van der Waals surface area contributed by atoms with Gasteiger partial charge in [0.15, 0.2) is 0 Å². The molecule has 0 unspecified atom stereocenters. The van der Waals surface area contributed by atoms with E-state index in [0.717, 1.165) is 44.9 Å². The predicted molar refractivity (Wildman–Crippen MR) is 219 cm³/mol. The third-order valence-electron chi connectivity index (χ3n) is 9.10. The van der Waals surface area contributed by atoms with E-state index < -0.39 is 35.9 Å². The normalized spacial score (nSPS) is 11.9. The fourth-order valence-corrected chi connectivity index (χ4v) is 5.76. The van der Waals surface area contributed by atoms with Crippen molar-refractivity contribution in [1.29, 1.82) is 0 Å². The first-order chi connectivity index (χ1) is 28.8. The molecule has 0 aromatic heterocycles. The minimum atomic E-state index is -1.24. The number of nitrogens with one attached hydrogen (secondary N) is 4. The molecule has 346 valence electrons. The van der Waals surface area contributed by atoms with E-state index in [9.17, 15) is 43.5 Å². The van der Waals surface area contributed by atoms with Crippen LogP contribution in [0.2, 0.25) is 0 Å². The standard InChI is InChI=1S/C41H72N4O15/c1-32(46)18-19-33(40(53)54)45-38(50)31-60-29-27-58-25-23-43-37(49)30-59-28-26-57-24-22-42-35(47)21-20-34(41(55)56)44-36(48)16-14-12-10-8-6-4-2-3-5-7-9-11-13-15-17-39(51)52/h33-34H,2-31H2,1H3,(H,42,47)(H,43,49)(H,44,48)(H,45,50)(H,51,52)(H,53,54)(H,55,56)/t33-,34-/m0/s1. The van der Waals surface area contributed by atoms with Crippen molar-refractivity contribution in [3.8, 4) is 0 Å². The third kappa shape index (κ3) is 38.0. The molecule has 7 N–H and O–H groups in total. The fourth-order valence-electron chi connectivity index (χ4n) is 5.76. The zero-order chi connectivity index (χ0) is 44.6. The van der Waals surface area contributed by atoms with Crippen LogP contribution in [0, 0.1) is 0 Å². The van der Waals surface area contributed by atoms with Gasteiger partial charge in [-0.2, -0.15) is 0 Å². The van der Waals surface area contributed by atoms with E-state index in [0.29, 0.717) is 6.42 Å². The van der Waals surface area contributed by atoms with Crippen molar-refractivity contribution in [3.63, 3.8) is 0 Å². The van der Waals surface area contributed by atoms with Crippen LogP contribution in [0.25, 0.3) is 0 Å². The molecule has 0 saturated heterocycles. The number of rotatable bonds is 43. The van der Waals surface area contributed by atoms with E-state index in [1.165, 1.54) is 45.4 Å². The van der Waals surface area contributed by atoms with E-state index in [2.05, 4.69) is 21.3 Å². The number of carbonyl (C=O) groups excluding carboxylic acids is 5. The van der Waals surface area contributed by atoms with Gasteiger partial charge in [-0.25, -0.2) is 9.59 Å². The van der Waals surface area contributed by atoms with Crippen LogP contribution >= 0.6 is 0 Å². The molecule has 19 nitrogen and oxygen atoms in total. The quantitative estimate of drug-likeness (QED) is 0.0434. The summed E-state index contributed by atoms with van der Waals surface area (Å²) in [6.07, 6.45) is 15.4. The Bertz CT molecular complexity index is 1240. The van der Waals surface area contributed by atoms with Crippen LogP contribution in [0.4, 0.5) is 0 Å². The zero-order valence-corrected chi connectivity index (χ0v) is 35.6. The first kappa shape index (κ1) is 55.8. The van der Waals surface area contributed by atoms with Crippen LogP contribution in [0.3, 0.4) is 0 Å². The number of amides is 4. The van der Waals surface area contributed by atoms with Gasteiger partial charge in [0.1, 0.15) is 31.1 Å². The highest BCUT2D eigenvalue weighted by atomic mass is 16.5. The summed E-state index contributed by atoms with van der Waals surface area (Å²) < 4.78 is 21.1. The van der Waals surface area contributed by atoms with E-state index in [-0.39, 0.29) is 128 Å². The average molecular weight is 861 g/mol. The lowest BCUT2D eigenvalue weighted by atomic mass is 10.0. The van der Waals surface area contributed by atoms with E-state index in [4.69, 9.17) is 29.2 Å². The summed E-state index contributed by atoms with van der Waals surface area (Å²) in [6.45, 7) is 2.03. The number of carboxylic acid groups (broad SMARTS) is 3. The highest BCUT2D eigenvalue weighted by Crippen LogP contribution is 2.14. The second-order valence-corrected chi connectivity index (χ2v) is 14.6. The summed E-state index contributed by atoms with van der Waals surface area (Å²) in [5, 5.41) is 37.3. The van der Waals surface area contributed by atoms with E-state index in [1.807, 2.05) is 0 Å². The number of carbonyl (C=O) groups is 8. The van der Waals surface area contributed by atoms with Crippen molar-refractivity contribution in [2.24, 2.45) is 0 Å². The maximum Gasteiger partial charge on any atom is 0.326 e. The van der Waals surface area contributed by atoms with Gasteiger partial charge < -0.3 is 60.3 Å². The van der Waals surface area contributed by atoms with Gasteiger partial charge in [-0.3, -0.25) is 24.0 Å². The van der Waals surface area contributed by atoms with Crippen LogP contribution in [-0.4, -0.2) is 141 Å². The lowest BCUT2D eigenvalue weighted by Crippen LogP contribution is -2.42. The second-order valence-electron chi connectivity index (χ2n) is 14.6. The van der Waals surface area contributed by atoms with Crippen LogP contribution in [-0.2, 0) is 57.3 Å². The van der Waals surface area contributed by atoms with Gasteiger partial charge in [0.2, 0.25) is 23.6 Å². The maximum atomic E-state index is 12.3. The molecule has 2 atom stereocenters. The molecule has 0 spiro atoms. The Labute approximate surface area is 354 Å². The van der Waals surface area contributed by atoms with Crippen molar-refractivity contribution >= 4 is 47.3 Å². The SMILES string of the molecule is CC(=O)CC[C@H](NC(=O)COCCOCCNC(=O)COCCOCCNC(=O)CC[C@H](NC(=O)CCCCCCCCCCCCCCCCC(=O)O)C(=O)O)C(=O)O. The molecule has 19 heteroatoms. The topological polar surface area (TPSA) is 282 Å². The molecule has 0 aliphatic rings. The zero-order valence-electron chi connectivity index (χ0n) is 35.6. The molecule has 0 fully saturated rings. The number of Topliss-reactive ketones (excluding diaryl/α,β-unsaturated/α-hetero) is 1. The molecule has 0 bridgehead atoms. The van der Waals surface area contributed by atoms with E-state index in [1.54, 1.807) is 0 Å². The summed E-state index contributed by atoms with van der Waals surface area (Å²) in [6, 6.07) is -2.33. The molecule has 4 amide bonds. The summed E-state index contributed by atoms with van der Waals surface area (Å²) in [7, 11) is 0. The van der Waals surface area contributed by atoms with Crippen molar-refractivity contribution in [3.05, 3.63) is 0 Å².